The van der Waals surface area contributed by atoms with Crippen LogP contribution in [0.1, 0.15) is 49.2 Å². The number of aryl methyl sites for hydroxylation is 1. The van der Waals surface area contributed by atoms with Crippen molar-refractivity contribution in [1.29, 1.82) is 0 Å². The molecule has 7 heteroatoms. The molecular formula is C19H26ClN3O2S. The molecule has 5 nitrogen and oxygen atoms in total. The molecule has 2 aromatic rings. The van der Waals surface area contributed by atoms with E-state index in [9.17, 15) is 4.79 Å². The van der Waals surface area contributed by atoms with Crippen LogP contribution in [0.25, 0.3) is 10.6 Å². The predicted molar refractivity (Wildman–Crippen MR) is 108 cm³/mol. The van der Waals surface area contributed by atoms with Crippen molar-refractivity contribution in [2.24, 2.45) is 5.73 Å². The largest absolute Gasteiger partial charge is 0.497 e. The molecule has 0 aliphatic heterocycles. The zero-order valence-corrected chi connectivity index (χ0v) is 17.0. The van der Waals surface area contributed by atoms with Gasteiger partial charge in [-0.2, -0.15) is 0 Å². The number of hydrogen-bond donors (Lipinski definition) is 2. The Bertz CT molecular complexity index is 755. The minimum Gasteiger partial charge on any atom is -0.497 e. The van der Waals surface area contributed by atoms with Crippen LogP contribution in [0.15, 0.2) is 24.3 Å². The Balaban J connectivity index is 0.00000243. The molecular weight excluding hydrogens is 370 g/mol. The van der Waals surface area contributed by atoms with Crippen LogP contribution in [0.5, 0.6) is 5.75 Å². The van der Waals surface area contributed by atoms with Crippen LogP contribution in [0.2, 0.25) is 0 Å². The molecule has 0 bridgehead atoms. The van der Waals surface area contributed by atoms with Gasteiger partial charge in [-0.25, -0.2) is 4.98 Å². The summed E-state index contributed by atoms with van der Waals surface area (Å²) in [5.41, 5.74) is 7.54. The van der Waals surface area contributed by atoms with Gasteiger partial charge in [0.05, 0.1) is 29.3 Å². The van der Waals surface area contributed by atoms with Gasteiger partial charge in [-0.1, -0.05) is 12.8 Å². The predicted octanol–water partition coefficient (Wildman–Crippen LogP) is 4.00. The maximum atomic E-state index is 12.5. The van der Waals surface area contributed by atoms with E-state index in [0.717, 1.165) is 52.6 Å². The summed E-state index contributed by atoms with van der Waals surface area (Å²) in [6, 6.07) is 7.75. The molecule has 142 valence electrons. The van der Waals surface area contributed by atoms with Gasteiger partial charge in [-0.15, -0.1) is 23.7 Å². The highest BCUT2D eigenvalue weighted by Crippen LogP contribution is 2.33. The first-order chi connectivity index (χ1) is 11.9. The molecule has 1 aromatic heterocycles. The molecule has 0 radical (unpaired) electrons. The van der Waals surface area contributed by atoms with E-state index in [1.54, 1.807) is 18.4 Å². The van der Waals surface area contributed by atoms with E-state index in [4.69, 9.17) is 10.5 Å². The fourth-order valence-electron chi connectivity index (χ4n) is 3.31. The van der Waals surface area contributed by atoms with Crippen molar-refractivity contribution in [3.63, 3.8) is 0 Å². The zero-order chi connectivity index (χ0) is 18.0. The summed E-state index contributed by atoms with van der Waals surface area (Å²) in [5.74, 6) is 0.777. The third-order valence-corrected chi connectivity index (χ3v) is 6.25. The summed E-state index contributed by atoms with van der Waals surface area (Å²) in [6.45, 7) is 3.98. The molecule has 0 saturated heterocycles. The third kappa shape index (κ3) is 4.19. The summed E-state index contributed by atoms with van der Waals surface area (Å²) in [6.07, 6.45) is 3.59. The minimum atomic E-state index is -0.703. The number of halogens is 1. The highest BCUT2D eigenvalue weighted by Gasteiger charge is 2.37. The lowest BCUT2D eigenvalue weighted by Crippen LogP contribution is -2.52. The third-order valence-electron chi connectivity index (χ3n) is 4.86. The van der Waals surface area contributed by atoms with Crippen molar-refractivity contribution in [3.05, 3.63) is 34.8 Å². The molecule has 1 aliphatic rings. The molecule has 1 atom stereocenters. The van der Waals surface area contributed by atoms with Crippen LogP contribution in [0, 0.1) is 6.92 Å². The van der Waals surface area contributed by atoms with Gasteiger partial charge in [-0.05, 0) is 51.0 Å². The fourth-order valence-corrected chi connectivity index (χ4v) is 4.38. The van der Waals surface area contributed by atoms with Gasteiger partial charge >= 0.3 is 0 Å². The Hall–Kier alpha value is -1.63. The Kier molecular flexibility index (Phi) is 6.66. The fraction of sp³-hybridized carbons (Fsp3) is 0.474. The first kappa shape index (κ1) is 20.7. The van der Waals surface area contributed by atoms with E-state index >= 15 is 0 Å². The van der Waals surface area contributed by atoms with Gasteiger partial charge in [0.15, 0.2) is 0 Å². The van der Waals surface area contributed by atoms with Gasteiger partial charge < -0.3 is 15.8 Å². The topological polar surface area (TPSA) is 77.2 Å². The summed E-state index contributed by atoms with van der Waals surface area (Å²) in [7, 11) is 1.65. The standard InChI is InChI=1S/C19H25N3O2S.ClH/c1-12-16(13(2)22-18(23)19(20)10-4-5-11-19)25-17(21-12)14-6-8-15(24-3)9-7-14;/h6-9,13H,4-5,10-11,20H2,1-3H3,(H,22,23);1H. The van der Waals surface area contributed by atoms with Crippen molar-refractivity contribution >= 4 is 29.7 Å². The number of hydrogen-bond acceptors (Lipinski definition) is 5. The van der Waals surface area contributed by atoms with Crippen molar-refractivity contribution in [2.75, 3.05) is 7.11 Å². The quantitative estimate of drug-likeness (QED) is 0.802. The Labute approximate surface area is 164 Å². The summed E-state index contributed by atoms with van der Waals surface area (Å²) >= 11 is 1.61. The van der Waals surface area contributed by atoms with Crippen LogP contribution < -0.4 is 15.8 Å². The molecule has 1 saturated carbocycles. The number of thiazole rings is 1. The number of ether oxygens (including phenoxy) is 1. The number of nitrogens with zero attached hydrogens (tertiary/aromatic N) is 1. The molecule has 1 aromatic carbocycles. The van der Waals surface area contributed by atoms with Crippen LogP contribution >= 0.6 is 23.7 Å². The average molecular weight is 396 g/mol. The minimum absolute atomic E-state index is 0. The Morgan fingerprint density at radius 1 is 1.31 bits per heavy atom. The van der Waals surface area contributed by atoms with Gasteiger partial charge in [0.2, 0.25) is 5.91 Å². The van der Waals surface area contributed by atoms with Gasteiger partial charge in [0, 0.05) is 5.56 Å². The average Bonchev–Trinajstić information content (AvgIpc) is 3.22. The normalized spacial score (nSPS) is 16.6. The molecule has 1 heterocycles. The van der Waals surface area contributed by atoms with Gasteiger partial charge in [0.25, 0.3) is 0 Å². The number of carbonyl (C=O) groups excluding carboxylic acids is 1. The van der Waals surface area contributed by atoms with E-state index in [2.05, 4.69) is 10.3 Å². The van der Waals surface area contributed by atoms with Crippen molar-refractivity contribution in [3.8, 4) is 16.3 Å². The number of amides is 1. The van der Waals surface area contributed by atoms with E-state index in [0.29, 0.717) is 0 Å². The molecule has 1 fully saturated rings. The van der Waals surface area contributed by atoms with E-state index in [-0.39, 0.29) is 24.4 Å². The second-order valence-corrected chi connectivity index (χ2v) is 7.79. The number of rotatable bonds is 5. The van der Waals surface area contributed by atoms with Gasteiger partial charge in [-0.3, -0.25) is 4.79 Å². The van der Waals surface area contributed by atoms with Crippen molar-refractivity contribution in [2.45, 2.75) is 51.1 Å². The zero-order valence-electron chi connectivity index (χ0n) is 15.4. The number of benzene rings is 1. The molecule has 3 rings (SSSR count). The maximum absolute atomic E-state index is 12.5. The SMILES string of the molecule is COc1ccc(-c2nc(C)c(C(C)NC(=O)C3(N)CCCC3)s2)cc1.Cl. The lowest BCUT2D eigenvalue weighted by Gasteiger charge is -2.24. The summed E-state index contributed by atoms with van der Waals surface area (Å²) in [4.78, 5) is 18.3. The molecule has 0 spiro atoms. The lowest BCUT2D eigenvalue weighted by molar-refractivity contribution is -0.126. The van der Waals surface area contributed by atoms with Crippen LogP contribution in [-0.4, -0.2) is 23.5 Å². The van der Waals surface area contributed by atoms with Crippen molar-refractivity contribution in [1.82, 2.24) is 10.3 Å². The number of carbonyl (C=O) groups is 1. The Morgan fingerprint density at radius 2 is 1.92 bits per heavy atom. The van der Waals surface area contributed by atoms with Crippen LogP contribution in [0.3, 0.4) is 0 Å². The number of methoxy groups -OCH3 is 1. The summed E-state index contributed by atoms with van der Waals surface area (Å²) < 4.78 is 5.20. The molecule has 26 heavy (non-hydrogen) atoms. The number of nitrogens with two attached hydrogens (primary N) is 1. The smallest absolute Gasteiger partial charge is 0.240 e. The Morgan fingerprint density at radius 3 is 2.50 bits per heavy atom. The highest BCUT2D eigenvalue weighted by molar-refractivity contribution is 7.15. The molecule has 1 unspecified atom stereocenters. The highest BCUT2D eigenvalue weighted by atomic mass is 35.5. The van der Waals surface area contributed by atoms with Crippen LogP contribution in [0.4, 0.5) is 0 Å². The van der Waals surface area contributed by atoms with Crippen molar-refractivity contribution < 1.29 is 9.53 Å². The van der Waals surface area contributed by atoms with Gasteiger partial charge in [0.1, 0.15) is 10.8 Å². The molecule has 1 amide bonds. The second-order valence-electron chi connectivity index (χ2n) is 6.76. The molecule has 1 aliphatic carbocycles. The van der Waals surface area contributed by atoms with E-state index in [1.165, 1.54) is 0 Å². The second kappa shape index (κ2) is 8.37. The summed E-state index contributed by atoms with van der Waals surface area (Å²) in [5, 5.41) is 4.03. The van der Waals surface area contributed by atoms with E-state index < -0.39 is 5.54 Å². The number of nitrogens with one attached hydrogen (secondary N) is 1. The number of aromatic nitrogens is 1. The first-order valence-electron chi connectivity index (χ1n) is 8.64. The monoisotopic (exact) mass is 395 g/mol. The maximum Gasteiger partial charge on any atom is 0.240 e. The van der Waals surface area contributed by atoms with E-state index in [1.807, 2.05) is 38.1 Å². The lowest BCUT2D eigenvalue weighted by atomic mass is 9.97. The van der Waals surface area contributed by atoms with Crippen LogP contribution in [-0.2, 0) is 4.79 Å². The molecule has 3 N–H and O–H groups in total. The first-order valence-corrected chi connectivity index (χ1v) is 9.46.